The molecule has 2 rings (SSSR count). The van der Waals surface area contributed by atoms with Crippen LogP contribution in [0.1, 0.15) is 37.1 Å². The van der Waals surface area contributed by atoms with Crippen LogP contribution in [0.4, 0.5) is 0 Å². The standard InChI is InChI=1S/C12H19N3/c1-9-8-15(3)14-10(9)11(13)12(2)6-4-5-7-12/h4-5,8,11H,6-7,13H2,1-3H3. The highest BCUT2D eigenvalue weighted by Crippen LogP contribution is 2.42. The molecule has 1 atom stereocenters. The summed E-state index contributed by atoms with van der Waals surface area (Å²) in [5.74, 6) is 0. The number of aromatic nitrogens is 2. The Morgan fingerprint density at radius 3 is 2.53 bits per heavy atom. The molecule has 3 nitrogen and oxygen atoms in total. The van der Waals surface area contributed by atoms with E-state index >= 15 is 0 Å². The van der Waals surface area contributed by atoms with E-state index in [1.807, 2.05) is 17.9 Å². The fraction of sp³-hybridized carbons (Fsp3) is 0.583. The van der Waals surface area contributed by atoms with Gasteiger partial charge in [0.2, 0.25) is 0 Å². The second-order valence-corrected chi connectivity index (χ2v) is 4.88. The van der Waals surface area contributed by atoms with Crippen molar-refractivity contribution in [1.29, 1.82) is 0 Å². The number of aryl methyl sites for hydroxylation is 2. The summed E-state index contributed by atoms with van der Waals surface area (Å²) in [6.45, 7) is 4.32. The molecule has 1 heterocycles. The van der Waals surface area contributed by atoms with Crippen LogP contribution in [-0.4, -0.2) is 9.78 Å². The van der Waals surface area contributed by atoms with Gasteiger partial charge in [-0.05, 0) is 30.7 Å². The fourth-order valence-corrected chi connectivity index (χ4v) is 2.30. The van der Waals surface area contributed by atoms with Crippen molar-refractivity contribution in [3.05, 3.63) is 29.6 Å². The number of hydrogen-bond donors (Lipinski definition) is 1. The van der Waals surface area contributed by atoms with Gasteiger partial charge in [-0.25, -0.2) is 0 Å². The molecule has 0 saturated heterocycles. The minimum Gasteiger partial charge on any atom is -0.322 e. The molecule has 1 aliphatic carbocycles. The molecule has 0 aromatic carbocycles. The van der Waals surface area contributed by atoms with Crippen molar-refractivity contribution in [2.45, 2.75) is 32.7 Å². The van der Waals surface area contributed by atoms with Crippen molar-refractivity contribution in [2.24, 2.45) is 18.2 Å². The third kappa shape index (κ3) is 1.72. The molecule has 1 aromatic rings. The molecular weight excluding hydrogens is 186 g/mol. The average Bonchev–Trinajstić information content (AvgIpc) is 2.73. The van der Waals surface area contributed by atoms with Gasteiger partial charge in [0.1, 0.15) is 0 Å². The van der Waals surface area contributed by atoms with Crippen LogP contribution in [0, 0.1) is 12.3 Å². The number of nitrogens with two attached hydrogens (primary N) is 1. The van der Waals surface area contributed by atoms with E-state index in [-0.39, 0.29) is 11.5 Å². The summed E-state index contributed by atoms with van der Waals surface area (Å²) in [4.78, 5) is 0. The summed E-state index contributed by atoms with van der Waals surface area (Å²) in [7, 11) is 1.94. The molecule has 1 unspecified atom stereocenters. The lowest BCUT2D eigenvalue weighted by molar-refractivity contribution is 0.271. The van der Waals surface area contributed by atoms with E-state index in [2.05, 4.69) is 31.1 Å². The topological polar surface area (TPSA) is 43.8 Å². The van der Waals surface area contributed by atoms with Crippen LogP contribution in [0.5, 0.6) is 0 Å². The predicted molar refractivity (Wildman–Crippen MR) is 61.4 cm³/mol. The predicted octanol–water partition coefficient (Wildman–Crippen LogP) is 2.08. The van der Waals surface area contributed by atoms with Crippen LogP contribution in [0.3, 0.4) is 0 Å². The lowest BCUT2D eigenvalue weighted by Gasteiger charge is -2.30. The van der Waals surface area contributed by atoms with Gasteiger partial charge in [-0.1, -0.05) is 19.1 Å². The molecule has 0 spiro atoms. The van der Waals surface area contributed by atoms with Gasteiger partial charge in [0.25, 0.3) is 0 Å². The first kappa shape index (κ1) is 10.4. The largest absolute Gasteiger partial charge is 0.322 e. The average molecular weight is 205 g/mol. The van der Waals surface area contributed by atoms with Crippen molar-refractivity contribution < 1.29 is 0 Å². The van der Waals surface area contributed by atoms with Crippen molar-refractivity contribution in [2.75, 3.05) is 0 Å². The maximum atomic E-state index is 6.33. The summed E-state index contributed by atoms with van der Waals surface area (Å²) in [6, 6.07) is 0.0358. The van der Waals surface area contributed by atoms with Crippen molar-refractivity contribution in [3.8, 4) is 0 Å². The van der Waals surface area contributed by atoms with Crippen LogP contribution < -0.4 is 5.73 Å². The Hall–Kier alpha value is -1.09. The van der Waals surface area contributed by atoms with E-state index in [0.29, 0.717) is 0 Å². The zero-order valence-corrected chi connectivity index (χ0v) is 9.70. The molecule has 0 aliphatic heterocycles. The summed E-state index contributed by atoms with van der Waals surface area (Å²) in [5, 5.41) is 4.46. The third-order valence-electron chi connectivity index (χ3n) is 3.43. The quantitative estimate of drug-likeness (QED) is 0.751. The van der Waals surface area contributed by atoms with Crippen molar-refractivity contribution in [1.82, 2.24) is 9.78 Å². The Kier molecular flexibility index (Phi) is 2.43. The zero-order valence-electron chi connectivity index (χ0n) is 9.70. The maximum Gasteiger partial charge on any atom is 0.0826 e. The first-order valence-corrected chi connectivity index (χ1v) is 5.44. The van der Waals surface area contributed by atoms with Gasteiger partial charge in [-0.3, -0.25) is 4.68 Å². The number of hydrogen-bond acceptors (Lipinski definition) is 2. The summed E-state index contributed by atoms with van der Waals surface area (Å²) in [6.07, 6.45) is 8.59. The smallest absolute Gasteiger partial charge is 0.0826 e. The van der Waals surface area contributed by atoms with Crippen LogP contribution in [0.2, 0.25) is 0 Å². The zero-order chi connectivity index (χ0) is 11.1. The second-order valence-electron chi connectivity index (χ2n) is 4.88. The van der Waals surface area contributed by atoms with Gasteiger partial charge in [-0.15, -0.1) is 0 Å². The molecule has 0 amide bonds. The van der Waals surface area contributed by atoms with Gasteiger partial charge >= 0.3 is 0 Å². The third-order valence-corrected chi connectivity index (χ3v) is 3.43. The number of allylic oxidation sites excluding steroid dienone is 2. The van der Waals surface area contributed by atoms with E-state index in [1.54, 1.807) is 0 Å². The second kappa shape index (κ2) is 3.49. The fourth-order valence-electron chi connectivity index (χ4n) is 2.30. The normalized spacial score (nSPS) is 20.8. The molecule has 0 radical (unpaired) electrons. The minimum absolute atomic E-state index is 0.0358. The van der Waals surface area contributed by atoms with Gasteiger partial charge in [0.15, 0.2) is 0 Å². The Morgan fingerprint density at radius 2 is 2.07 bits per heavy atom. The van der Waals surface area contributed by atoms with Gasteiger partial charge < -0.3 is 5.73 Å². The Bertz CT molecular complexity index is 382. The van der Waals surface area contributed by atoms with E-state index in [9.17, 15) is 0 Å². The van der Waals surface area contributed by atoms with Crippen LogP contribution in [0.15, 0.2) is 18.3 Å². The lowest BCUT2D eigenvalue weighted by Crippen LogP contribution is -2.30. The summed E-state index contributed by atoms with van der Waals surface area (Å²) < 4.78 is 1.84. The summed E-state index contributed by atoms with van der Waals surface area (Å²) >= 11 is 0. The first-order chi connectivity index (χ1) is 7.03. The highest BCUT2D eigenvalue weighted by molar-refractivity contribution is 5.22. The Morgan fingerprint density at radius 1 is 1.47 bits per heavy atom. The van der Waals surface area contributed by atoms with Gasteiger partial charge in [0.05, 0.1) is 11.7 Å². The first-order valence-electron chi connectivity index (χ1n) is 5.44. The van der Waals surface area contributed by atoms with Crippen LogP contribution in [0.25, 0.3) is 0 Å². The van der Waals surface area contributed by atoms with Gasteiger partial charge in [0, 0.05) is 13.2 Å². The molecule has 3 heteroatoms. The van der Waals surface area contributed by atoms with Crippen molar-refractivity contribution in [3.63, 3.8) is 0 Å². The van der Waals surface area contributed by atoms with Crippen LogP contribution >= 0.6 is 0 Å². The van der Waals surface area contributed by atoms with E-state index in [1.165, 1.54) is 5.56 Å². The van der Waals surface area contributed by atoms with Crippen LogP contribution in [-0.2, 0) is 7.05 Å². The molecule has 0 saturated carbocycles. The molecular formula is C12H19N3. The molecule has 0 bridgehead atoms. The summed E-state index contributed by atoms with van der Waals surface area (Å²) in [5.41, 5.74) is 8.72. The Labute approximate surface area is 91.0 Å². The molecule has 0 fully saturated rings. The minimum atomic E-state index is 0.0358. The molecule has 2 N–H and O–H groups in total. The SMILES string of the molecule is Cc1cn(C)nc1C(N)C1(C)CC=CC1. The molecule has 1 aliphatic rings. The van der Waals surface area contributed by atoms with Gasteiger partial charge in [-0.2, -0.15) is 5.10 Å². The van der Waals surface area contributed by atoms with E-state index < -0.39 is 0 Å². The van der Waals surface area contributed by atoms with E-state index in [0.717, 1.165) is 18.5 Å². The van der Waals surface area contributed by atoms with E-state index in [4.69, 9.17) is 5.73 Å². The monoisotopic (exact) mass is 205 g/mol. The maximum absolute atomic E-state index is 6.33. The number of rotatable bonds is 2. The highest BCUT2D eigenvalue weighted by atomic mass is 15.3. The molecule has 15 heavy (non-hydrogen) atoms. The molecule has 1 aromatic heterocycles. The van der Waals surface area contributed by atoms with Crippen molar-refractivity contribution >= 4 is 0 Å². The highest BCUT2D eigenvalue weighted by Gasteiger charge is 2.35. The Balaban J connectivity index is 2.27. The molecule has 82 valence electrons. The lowest BCUT2D eigenvalue weighted by atomic mass is 9.78. The number of nitrogens with zero attached hydrogens (tertiary/aromatic N) is 2.